The van der Waals surface area contributed by atoms with Crippen LogP contribution < -0.4 is 5.32 Å². The standard InChI is InChI=1S/C15H20ClNO3/c1-5-10-6-7-11(8-12(10)16)14(19)17-9-13(18)20-15(2,3)4/h6-8H,5,9H2,1-4H3,(H,17,19). The molecule has 0 aliphatic rings. The van der Waals surface area contributed by atoms with Crippen LogP contribution in [0.3, 0.4) is 0 Å². The van der Waals surface area contributed by atoms with Crippen LogP contribution in [0.1, 0.15) is 43.6 Å². The third kappa shape index (κ3) is 5.21. The van der Waals surface area contributed by atoms with E-state index in [0.717, 1.165) is 12.0 Å². The molecule has 0 saturated carbocycles. The lowest BCUT2D eigenvalue weighted by molar-refractivity contribution is -0.153. The van der Waals surface area contributed by atoms with Gasteiger partial charge in [-0.25, -0.2) is 0 Å². The molecule has 1 rings (SSSR count). The van der Waals surface area contributed by atoms with Crippen molar-refractivity contribution < 1.29 is 14.3 Å². The first kappa shape index (κ1) is 16.5. The summed E-state index contributed by atoms with van der Waals surface area (Å²) in [5, 5.41) is 3.07. The summed E-state index contributed by atoms with van der Waals surface area (Å²) >= 11 is 6.05. The normalized spacial score (nSPS) is 11.1. The lowest BCUT2D eigenvalue weighted by Crippen LogP contribution is -2.34. The van der Waals surface area contributed by atoms with E-state index in [1.807, 2.05) is 13.0 Å². The number of amides is 1. The van der Waals surface area contributed by atoms with Gasteiger partial charge in [0, 0.05) is 10.6 Å². The van der Waals surface area contributed by atoms with Gasteiger partial charge in [0.25, 0.3) is 5.91 Å². The maximum atomic E-state index is 11.9. The number of aryl methyl sites for hydroxylation is 1. The molecule has 5 heteroatoms. The van der Waals surface area contributed by atoms with Gasteiger partial charge in [-0.1, -0.05) is 24.6 Å². The van der Waals surface area contributed by atoms with E-state index < -0.39 is 11.6 Å². The van der Waals surface area contributed by atoms with Crippen molar-refractivity contribution in [2.24, 2.45) is 0 Å². The first-order valence-corrected chi connectivity index (χ1v) is 6.89. The van der Waals surface area contributed by atoms with Crippen LogP contribution in [0.2, 0.25) is 5.02 Å². The van der Waals surface area contributed by atoms with Crippen molar-refractivity contribution in [2.75, 3.05) is 6.54 Å². The van der Waals surface area contributed by atoms with Gasteiger partial charge in [-0.2, -0.15) is 0 Å². The summed E-state index contributed by atoms with van der Waals surface area (Å²) in [6.07, 6.45) is 0.804. The lowest BCUT2D eigenvalue weighted by atomic mass is 10.1. The van der Waals surface area contributed by atoms with Crippen LogP contribution in [-0.2, 0) is 16.0 Å². The largest absolute Gasteiger partial charge is 0.459 e. The van der Waals surface area contributed by atoms with Crippen molar-refractivity contribution in [2.45, 2.75) is 39.7 Å². The number of carbonyl (C=O) groups is 2. The Morgan fingerprint density at radius 2 is 1.95 bits per heavy atom. The van der Waals surface area contributed by atoms with Crippen molar-refractivity contribution in [3.8, 4) is 0 Å². The molecule has 0 heterocycles. The number of nitrogens with one attached hydrogen (secondary N) is 1. The Balaban J connectivity index is 2.59. The van der Waals surface area contributed by atoms with Gasteiger partial charge in [0.15, 0.2) is 0 Å². The van der Waals surface area contributed by atoms with Gasteiger partial charge >= 0.3 is 5.97 Å². The number of hydrogen-bond acceptors (Lipinski definition) is 3. The molecule has 0 atom stereocenters. The van der Waals surface area contributed by atoms with Gasteiger partial charge in [-0.05, 0) is 44.9 Å². The average Bonchev–Trinajstić information content (AvgIpc) is 2.33. The van der Waals surface area contributed by atoms with E-state index in [1.54, 1.807) is 32.9 Å². The quantitative estimate of drug-likeness (QED) is 0.869. The molecule has 110 valence electrons. The second-order valence-corrected chi connectivity index (χ2v) is 5.84. The molecule has 4 nitrogen and oxygen atoms in total. The predicted molar refractivity (Wildman–Crippen MR) is 79.0 cm³/mol. The number of benzene rings is 1. The van der Waals surface area contributed by atoms with Crippen molar-refractivity contribution in [1.29, 1.82) is 0 Å². The van der Waals surface area contributed by atoms with Crippen molar-refractivity contribution in [1.82, 2.24) is 5.32 Å². The van der Waals surface area contributed by atoms with Gasteiger partial charge in [-0.15, -0.1) is 0 Å². The van der Waals surface area contributed by atoms with Crippen LogP contribution in [0.15, 0.2) is 18.2 Å². The third-order valence-electron chi connectivity index (χ3n) is 2.51. The Morgan fingerprint density at radius 3 is 2.45 bits per heavy atom. The van der Waals surface area contributed by atoms with Crippen molar-refractivity contribution in [3.63, 3.8) is 0 Å². The molecule has 0 aliphatic heterocycles. The summed E-state index contributed by atoms with van der Waals surface area (Å²) in [7, 11) is 0. The zero-order valence-corrected chi connectivity index (χ0v) is 13.0. The van der Waals surface area contributed by atoms with E-state index >= 15 is 0 Å². The molecule has 0 radical (unpaired) electrons. The first-order chi connectivity index (χ1) is 9.23. The lowest BCUT2D eigenvalue weighted by Gasteiger charge is -2.19. The van der Waals surface area contributed by atoms with E-state index in [4.69, 9.17) is 16.3 Å². The molecule has 1 N–H and O–H groups in total. The van der Waals surface area contributed by atoms with E-state index in [-0.39, 0.29) is 12.5 Å². The molecule has 0 spiro atoms. The maximum Gasteiger partial charge on any atom is 0.325 e. The zero-order valence-electron chi connectivity index (χ0n) is 12.2. The highest BCUT2D eigenvalue weighted by molar-refractivity contribution is 6.31. The fourth-order valence-electron chi connectivity index (χ4n) is 1.61. The second kappa shape index (κ2) is 6.75. The summed E-state index contributed by atoms with van der Waals surface area (Å²) < 4.78 is 5.10. The Morgan fingerprint density at radius 1 is 1.30 bits per heavy atom. The average molecular weight is 298 g/mol. The van der Waals surface area contributed by atoms with Gasteiger partial charge in [0.2, 0.25) is 0 Å². The number of halogens is 1. The molecule has 0 aromatic heterocycles. The fourth-order valence-corrected chi connectivity index (χ4v) is 1.92. The van der Waals surface area contributed by atoms with Crippen LogP contribution in [0.4, 0.5) is 0 Å². The minimum Gasteiger partial charge on any atom is -0.459 e. The SMILES string of the molecule is CCc1ccc(C(=O)NCC(=O)OC(C)(C)C)cc1Cl. The Hall–Kier alpha value is -1.55. The van der Waals surface area contributed by atoms with E-state index in [0.29, 0.717) is 10.6 Å². The number of esters is 1. The molecule has 0 unspecified atom stereocenters. The Labute approximate surface area is 124 Å². The maximum absolute atomic E-state index is 11.9. The van der Waals surface area contributed by atoms with E-state index in [2.05, 4.69) is 5.32 Å². The third-order valence-corrected chi connectivity index (χ3v) is 2.86. The highest BCUT2D eigenvalue weighted by Crippen LogP contribution is 2.18. The summed E-state index contributed by atoms with van der Waals surface area (Å²) in [5.41, 5.74) is 0.847. The molecule has 1 aromatic rings. The van der Waals surface area contributed by atoms with Crippen molar-refractivity contribution in [3.05, 3.63) is 34.3 Å². The molecule has 1 amide bonds. The molecule has 0 bridgehead atoms. The van der Waals surface area contributed by atoms with Crippen LogP contribution in [0, 0.1) is 0 Å². The molecule has 1 aromatic carbocycles. The highest BCUT2D eigenvalue weighted by Gasteiger charge is 2.17. The highest BCUT2D eigenvalue weighted by atomic mass is 35.5. The monoisotopic (exact) mass is 297 g/mol. The van der Waals surface area contributed by atoms with Crippen LogP contribution in [0.25, 0.3) is 0 Å². The molecule has 20 heavy (non-hydrogen) atoms. The topological polar surface area (TPSA) is 55.4 Å². The van der Waals surface area contributed by atoms with Crippen LogP contribution in [0.5, 0.6) is 0 Å². The molecule has 0 saturated heterocycles. The number of carbonyl (C=O) groups excluding carboxylic acids is 2. The summed E-state index contributed by atoms with van der Waals surface area (Å²) in [4.78, 5) is 23.4. The smallest absolute Gasteiger partial charge is 0.325 e. The fraction of sp³-hybridized carbons (Fsp3) is 0.467. The number of rotatable bonds is 4. The first-order valence-electron chi connectivity index (χ1n) is 6.51. The van der Waals surface area contributed by atoms with Gasteiger partial charge in [-0.3, -0.25) is 9.59 Å². The predicted octanol–water partition coefficient (Wildman–Crippen LogP) is 2.97. The zero-order chi connectivity index (χ0) is 15.3. The van der Waals surface area contributed by atoms with Gasteiger partial charge < -0.3 is 10.1 Å². The number of hydrogen-bond donors (Lipinski definition) is 1. The number of ether oxygens (including phenoxy) is 1. The van der Waals surface area contributed by atoms with Gasteiger partial charge in [0.1, 0.15) is 12.1 Å². The molecular weight excluding hydrogens is 278 g/mol. The van der Waals surface area contributed by atoms with Crippen LogP contribution in [-0.4, -0.2) is 24.0 Å². The molecule has 0 fully saturated rings. The Bertz CT molecular complexity index is 506. The summed E-state index contributed by atoms with van der Waals surface area (Å²) in [6.45, 7) is 7.15. The molecule has 0 aliphatic carbocycles. The molecular formula is C15H20ClNO3. The van der Waals surface area contributed by atoms with E-state index in [9.17, 15) is 9.59 Å². The minimum atomic E-state index is -0.562. The van der Waals surface area contributed by atoms with Crippen molar-refractivity contribution >= 4 is 23.5 Å². The summed E-state index contributed by atoms with van der Waals surface area (Å²) in [6, 6.07) is 5.10. The van der Waals surface area contributed by atoms with Crippen LogP contribution >= 0.6 is 11.6 Å². The summed E-state index contributed by atoms with van der Waals surface area (Å²) in [5.74, 6) is -0.817. The van der Waals surface area contributed by atoms with Gasteiger partial charge in [0.05, 0.1) is 0 Å². The second-order valence-electron chi connectivity index (χ2n) is 5.43. The minimum absolute atomic E-state index is 0.163. The van der Waals surface area contributed by atoms with E-state index in [1.165, 1.54) is 0 Å². The Kier molecular flexibility index (Phi) is 5.57.